The van der Waals surface area contributed by atoms with Crippen LogP contribution in [0.1, 0.15) is 19.8 Å². The second-order valence-electron chi connectivity index (χ2n) is 6.60. The van der Waals surface area contributed by atoms with E-state index in [-0.39, 0.29) is 18.0 Å². The third-order valence-corrected chi connectivity index (χ3v) is 5.10. The van der Waals surface area contributed by atoms with Crippen LogP contribution in [0, 0.1) is 0 Å². The van der Waals surface area contributed by atoms with Crippen LogP contribution in [0.4, 0.5) is 0 Å². The van der Waals surface area contributed by atoms with Gasteiger partial charge in [-0.3, -0.25) is 14.5 Å². The summed E-state index contributed by atoms with van der Waals surface area (Å²) >= 11 is 0. The molecule has 2 heterocycles. The van der Waals surface area contributed by atoms with E-state index in [4.69, 9.17) is 9.47 Å². The number of ether oxygens (including phenoxy) is 2. The standard InChI is InChI=1S/C19H26N4O4/c1-4-22-9-5-6-14(22)11-20-16(24)12-23-19(25)17-13(10-21-23)7-8-15(26-2)18(17)27-3/h7-8,10,14H,4-6,9,11-12H2,1-3H3,(H,20,24). The lowest BCUT2D eigenvalue weighted by Gasteiger charge is -2.22. The molecule has 8 heteroatoms. The van der Waals surface area contributed by atoms with Crippen molar-refractivity contribution in [1.29, 1.82) is 0 Å². The summed E-state index contributed by atoms with van der Waals surface area (Å²) in [6.45, 7) is 4.64. The first-order valence-electron chi connectivity index (χ1n) is 9.20. The van der Waals surface area contributed by atoms with E-state index >= 15 is 0 Å². The molecule has 2 aromatic rings. The number of methoxy groups -OCH3 is 2. The molecule has 0 bridgehead atoms. The Hall–Kier alpha value is -2.61. The summed E-state index contributed by atoms with van der Waals surface area (Å²) in [5, 5.41) is 8.04. The topological polar surface area (TPSA) is 85.7 Å². The summed E-state index contributed by atoms with van der Waals surface area (Å²) in [4.78, 5) is 27.6. The number of nitrogens with zero attached hydrogens (tertiary/aromatic N) is 3. The average molecular weight is 374 g/mol. The van der Waals surface area contributed by atoms with E-state index in [1.165, 1.54) is 14.2 Å². The fourth-order valence-corrected chi connectivity index (χ4v) is 3.66. The minimum atomic E-state index is -0.380. The zero-order valence-corrected chi connectivity index (χ0v) is 16.0. The van der Waals surface area contributed by atoms with Crippen LogP contribution >= 0.6 is 0 Å². The Morgan fingerprint density at radius 1 is 1.33 bits per heavy atom. The van der Waals surface area contributed by atoms with E-state index in [0.29, 0.717) is 34.9 Å². The largest absolute Gasteiger partial charge is 0.493 e. The molecule has 0 aliphatic carbocycles. The normalized spacial score (nSPS) is 17.2. The number of hydrogen-bond acceptors (Lipinski definition) is 6. The zero-order valence-electron chi connectivity index (χ0n) is 16.0. The highest BCUT2D eigenvalue weighted by Crippen LogP contribution is 2.32. The Bertz CT molecular complexity index is 880. The van der Waals surface area contributed by atoms with Crippen LogP contribution in [0.25, 0.3) is 10.8 Å². The van der Waals surface area contributed by atoms with Crippen molar-refractivity contribution in [1.82, 2.24) is 20.0 Å². The van der Waals surface area contributed by atoms with Gasteiger partial charge in [-0.05, 0) is 38.1 Å². The molecule has 8 nitrogen and oxygen atoms in total. The van der Waals surface area contributed by atoms with Crippen LogP contribution in [-0.2, 0) is 11.3 Å². The molecule has 27 heavy (non-hydrogen) atoms. The maximum Gasteiger partial charge on any atom is 0.279 e. The number of fused-ring (bicyclic) bond motifs is 1. The SMILES string of the molecule is CCN1CCCC1CNC(=O)Cn1ncc2ccc(OC)c(OC)c2c1=O. The van der Waals surface area contributed by atoms with Gasteiger partial charge < -0.3 is 14.8 Å². The molecular weight excluding hydrogens is 348 g/mol. The molecule has 1 aliphatic rings. The number of carbonyl (C=O) groups excluding carboxylic acids is 1. The molecule has 0 spiro atoms. The van der Waals surface area contributed by atoms with E-state index in [9.17, 15) is 9.59 Å². The number of aromatic nitrogens is 2. The minimum absolute atomic E-state index is 0.131. The average Bonchev–Trinajstić information content (AvgIpc) is 3.15. The van der Waals surface area contributed by atoms with Crippen LogP contribution in [-0.4, -0.2) is 60.5 Å². The Morgan fingerprint density at radius 2 is 2.15 bits per heavy atom. The van der Waals surface area contributed by atoms with Gasteiger partial charge in [0.2, 0.25) is 5.91 Å². The van der Waals surface area contributed by atoms with Gasteiger partial charge in [-0.15, -0.1) is 0 Å². The summed E-state index contributed by atoms with van der Waals surface area (Å²) in [6.07, 6.45) is 3.79. The number of carbonyl (C=O) groups is 1. The van der Waals surface area contributed by atoms with Crippen molar-refractivity contribution in [3.8, 4) is 11.5 Å². The third kappa shape index (κ3) is 3.90. The molecule has 1 aromatic carbocycles. The van der Waals surface area contributed by atoms with Gasteiger partial charge in [0.05, 0.1) is 25.8 Å². The highest BCUT2D eigenvalue weighted by Gasteiger charge is 2.23. The maximum absolute atomic E-state index is 12.8. The lowest BCUT2D eigenvalue weighted by atomic mass is 10.1. The quantitative estimate of drug-likeness (QED) is 0.779. The highest BCUT2D eigenvalue weighted by atomic mass is 16.5. The fourth-order valence-electron chi connectivity index (χ4n) is 3.66. The van der Waals surface area contributed by atoms with Crippen LogP contribution in [0.2, 0.25) is 0 Å². The first kappa shape index (κ1) is 19.2. The minimum Gasteiger partial charge on any atom is -0.493 e. The Labute approximate surface area is 158 Å². The summed E-state index contributed by atoms with van der Waals surface area (Å²) in [7, 11) is 2.99. The molecule has 1 N–H and O–H groups in total. The van der Waals surface area contributed by atoms with E-state index < -0.39 is 0 Å². The van der Waals surface area contributed by atoms with Crippen molar-refractivity contribution in [2.24, 2.45) is 0 Å². The summed E-state index contributed by atoms with van der Waals surface area (Å²) < 4.78 is 11.8. The van der Waals surface area contributed by atoms with Gasteiger partial charge in [0.15, 0.2) is 11.5 Å². The lowest BCUT2D eigenvalue weighted by molar-refractivity contribution is -0.122. The molecule has 1 unspecified atom stereocenters. The maximum atomic E-state index is 12.8. The molecule has 1 amide bonds. The van der Waals surface area contributed by atoms with Crippen molar-refractivity contribution in [3.05, 3.63) is 28.7 Å². The van der Waals surface area contributed by atoms with Crippen molar-refractivity contribution in [2.75, 3.05) is 33.9 Å². The number of likely N-dealkylation sites (tertiary alicyclic amines) is 1. The predicted octanol–water partition coefficient (Wildman–Crippen LogP) is 1.01. The first-order chi connectivity index (χ1) is 13.1. The molecule has 1 fully saturated rings. The second-order valence-corrected chi connectivity index (χ2v) is 6.60. The van der Waals surface area contributed by atoms with Crippen LogP contribution < -0.4 is 20.3 Å². The van der Waals surface area contributed by atoms with Crippen LogP contribution in [0.3, 0.4) is 0 Å². The van der Waals surface area contributed by atoms with E-state index in [0.717, 1.165) is 30.6 Å². The van der Waals surface area contributed by atoms with E-state index in [1.54, 1.807) is 18.3 Å². The van der Waals surface area contributed by atoms with Crippen LogP contribution in [0.5, 0.6) is 11.5 Å². The molecule has 1 aromatic heterocycles. The van der Waals surface area contributed by atoms with Gasteiger partial charge in [0, 0.05) is 18.0 Å². The Kier molecular flexibility index (Phi) is 5.95. The number of likely N-dealkylation sites (N-methyl/N-ethyl adjacent to an activating group) is 1. The zero-order chi connectivity index (χ0) is 19.4. The van der Waals surface area contributed by atoms with Crippen molar-refractivity contribution >= 4 is 16.7 Å². The van der Waals surface area contributed by atoms with E-state index in [2.05, 4.69) is 22.2 Å². The van der Waals surface area contributed by atoms with E-state index in [1.807, 2.05) is 0 Å². The number of amides is 1. The summed E-state index contributed by atoms with van der Waals surface area (Å²) in [5.41, 5.74) is -0.380. The second kappa shape index (κ2) is 8.39. The summed E-state index contributed by atoms with van der Waals surface area (Å²) in [6, 6.07) is 3.83. The van der Waals surface area contributed by atoms with Gasteiger partial charge in [-0.25, -0.2) is 4.68 Å². The van der Waals surface area contributed by atoms with Gasteiger partial charge in [-0.2, -0.15) is 5.10 Å². The number of nitrogens with one attached hydrogen (secondary N) is 1. The fraction of sp³-hybridized carbons (Fsp3) is 0.526. The molecule has 1 aliphatic heterocycles. The lowest BCUT2D eigenvalue weighted by Crippen LogP contribution is -2.42. The smallest absolute Gasteiger partial charge is 0.279 e. The number of rotatable bonds is 7. The van der Waals surface area contributed by atoms with Crippen molar-refractivity contribution < 1.29 is 14.3 Å². The van der Waals surface area contributed by atoms with Crippen molar-refractivity contribution in [3.63, 3.8) is 0 Å². The number of benzene rings is 1. The van der Waals surface area contributed by atoms with Gasteiger partial charge in [-0.1, -0.05) is 6.92 Å². The monoisotopic (exact) mass is 374 g/mol. The first-order valence-corrected chi connectivity index (χ1v) is 9.20. The Morgan fingerprint density at radius 3 is 2.85 bits per heavy atom. The number of hydrogen-bond donors (Lipinski definition) is 1. The van der Waals surface area contributed by atoms with Crippen LogP contribution in [0.15, 0.2) is 23.1 Å². The summed E-state index contributed by atoms with van der Waals surface area (Å²) in [5.74, 6) is 0.583. The molecule has 1 saturated heterocycles. The van der Waals surface area contributed by atoms with Gasteiger partial charge in [0.25, 0.3) is 5.56 Å². The molecule has 146 valence electrons. The van der Waals surface area contributed by atoms with Gasteiger partial charge >= 0.3 is 0 Å². The van der Waals surface area contributed by atoms with Crippen molar-refractivity contribution in [2.45, 2.75) is 32.4 Å². The third-order valence-electron chi connectivity index (χ3n) is 5.10. The van der Waals surface area contributed by atoms with Gasteiger partial charge in [0.1, 0.15) is 6.54 Å². The molecular formula is C19H26N4O4. The Balaban J connectivity index is 1.77. The molecule has 0 radical (unpaired) electrons. The predicted molar refractivity (Wildman–Crippen MR) is 102 cm³/mol. The molecule has 1 atom stereocenters. The highest BCUT2D eigenvalue weighted by molar-refractivity contribution is 5.89. The molecule has 3 rings (SSSR count). The molecule has 0 saturated carbocycles.